The fraction of sp³-hybridized carbons (Fsp3) is 0.333. The van der Waals surface area contributed by atoms with Crippen LogP contribution in [0.5, 0.6) is 0 Å². The number of nitrogens with one attached hydrogen (secondary N) is 6. The molecule has 5 aromatic heterocycles. The quantitative estimate of drug-likeness (QED) is 0.00919. The molecule has 6 aromatic rings. The first-order valence-electron chi connectivity index (χ1n) is 15.5. The van der Waals surface area contributed by atoms with Crippen LogP contribution in [-0.4, -0.2) is 122 Å². The van der Waals surface area contributed by atoms with Crippen LogP contribution in [-0.2, 0) is 32.3 Å². The van der Waals surface area contributed by atoms with Gasteiger partial charge in [-0.3, -0.25) is 25.7 Å². The van der Waals surface area contributed by atoms with E-state index in [4.69, 9.17) is 0 Å². The standard InChI is InChI=1S/C24H28N22O6S2.4K/c47-51-52-53-11-9-27-21-31-19(25-7-5-15-37-43-44-38-15)33-23(35-21)29-17-13-3-1-2-4-14(13)18(42-41-17)30-24-34-20(26-8-6-16-39-45-46-40-16)32-22(36-24)28-10-12-54(48,49)50;;;;/h1-4H,5-12H2,(H8-2,25,26,27,28,29,30,31,32,33,34,35,36,37,38,39,40,41,42,43,44,45,46,47,48,49,50);;;;/q-2;4*+1/p-2. The van der Waals surface area contributed by atoms with Gasteiger partial charge in [-0.1, -0.05) is 24.3 Å². The van der Waals surface area contributed by atoms with Gasteiger partial charge in [0.1, 0.15) is 0 Å². The Morgan fingerprint density at radius 3 is 1.47 bits per heavy atom. The smallest absolute Gasteiger partial charge is 0.748 e. The van der Waals surface area contributed by atoms with Gasteiger partial charge in [0.2, 0.25) is 35.7 Å². The van der Waals surface area contributed by atoms with Gasteiger partial charge in [-0.05, 0) is 12.8 Å². The van der Waals surface area contributed by atoms with E-state index >= 15 is 0 Å². The minimum atomic E-state index is -4.49. The predicted octanol–water partition coefficient (Wildman–Crippen LogP) is -14.7. The Balaban J connectivity index is 0.00000290. The SMILES string of the molecule is O=S(=O)([O-])CCNc1nc(NCCc2nnn[n-]2)nc(Nc2nnc(Nc3nc(NCCSOO[O-])nc(NCCc4nnn[n-]4)n3)c3ccccc23)n1.[K+].[K+].[K+].[K+]. The zero-order valence-corrected chi connectivity index (χ0v) is 45.5. The Hall–Kier alpha value is 0.205. The molecular weight excluding hydrogens is 913 g/mol. The number of rotatable bonds is 22. The molecule has 0 amide bonds. The molecule has 0 aliphatic rings. The van der Waals surface area contributed by atoms with E-state index in [1.165, 1.54) is 0 Å². The number of fused-ring (bicyclic) bond motifs is 1. The summed E-state index contributed by atoms with van der Waals surface area (Å²) in [6, 6.07) is 7.16. The average molecular weight is 939 g/mol. The number of hydrogen-bond donors (Lipinski definition) is 6. The van der Waals surface area contributed by atoms with Crippen LogP contribution in [0, 0.1) is 0 Å². The summed E-state index contributed by atoms with van der Waals surface area (Å²) in [6.45, 7) is 0.703. The number of aromatic nitrogens is 16. The Morgan fingerprint density at radius 1 is 0.621 bits per heavy atom. The zero-order valence-electron chi connectivity index (χ0n) is 31.4. The number of anilines is 8. The Kier molecular flexibility index (Phi) is 27.0. The van der Waals surface area contributed by atoms with Gasteiger partial charge in [0.05, 0.1) is 15.9 Å². The summed E-state index contributed by atoms with van der Waals surface area (Å²) in [7, 11) is -4.49. The third kappa shape index (κ3) is 18.5. The number of hydrogen-bond acceptors (Lipinski definition) is 27. The van der Waals surface area contributed by atoms with Crippen molar-refractivity contribution in [2.24, 2.45) is 0 Å². The van der Waals surface area contributed by atoms with E-state index in [0.29, 0.717) is 60.7 Å². The topological polar surface area (TPSA) is 380 Å². The van der Waals surface area contributed by atoms with Crippen LogP contribution in [0.4, 0.5) is 47.3 Å². The van der Waals surface area contributed by atoms with Crippen LogP contribution < -0.4 is 253 Å². The van der Waals surface area contributed by atoms with E-state index in [9.17, 15) is 18.2 Å². The van der Waals surface area contributed by atoms with Gasteiger partial charge in [0.15, 0.2) is 11.6 Å². The van der Waals surface area contributed by atoms with Crippen molar-refractivity contribution in [1.82, 2.24) is 81.3 Å². The molecule has 34 heteroatoms. The number of nitrogens with zero attached hydrogens (tertiary/aromatic N) is 16. The van der Waals surface area contributed by atoms with Crippen molar-refractivity contribution in [3.63, 3.8) is 0 Å². The van der Waals surface area contributed by atoms with Crippen LogP contribution in [0.3, 0.4) is 0 Å². The summed E-state index contributed by atoms with van der Waals surface area (Å²) in [5, 5.41) is 70.3. The third-order valence-corrected chi connectivity index (χ3v) is 7.81. The Bertz CT molecular complexity index is 2220. The van der Waals surface area contributed by atoms with Crippen molar-refractivity contribution >= 4 is 80.3 Å². The molecule has 0 aliphatic carbocycles. The number of tetrazole rings is 2. The molecule has 0 saturated carbocycles. The summed E-state index contributed by atoms with van der Waals surface area (Å²) in [6.07, 6.45) is 0.750. The minimum absolute atomic E-state index is 0. The maximum absolute atomic E-state index is 11.1. The molecule has 58 heavy (non-hydrogen) atoms. The summed E-state index contributed by atoms with van der Waals surface area (Å²) >= 11 is 0.796. The fourth-order valence-electron chi connectivity index (χ4n) is 4.32. The van der Waals surface area contributed by atoms with E-state index in [1.807, 2.05) is 0 Å². The summed E-state index contributed by atoms with van der Waals surface area (Å²) in [5.41, 5.74) is 0. The predicted molar refractivity (Wildman–Crippen MR) is 183 cm³/mol. The molecule has 0 radical (unpaired) electrons. The van der Waals surface area contributed by atoms with Gasteiger partial charge in [0.25, 0.3) is 0 Å². The fourth-order valence-corrected chi connectivity index (χ4v) is 4.97. The van der Waals surface area contributed by atoms with Crippen LogP contribution >= 0.6 is 12.0 Å². The minimum Gasteiger partial charge on any atom is -0.748 e. The molecule has 0 spiro atoms. The van der Waals surface area contributed by atoms with Crippen LogP contribution in [0.25, 0.3) is 10.8 Å². The van der Waals surface area contributed by atoms with E-state index in [0.717, 1.165) is 12.0 Å². The van der Waals surface area contributed by atoms with Crippen molar-refractivity contribution in [3.05, 3.63) is 35.9 Å². The molecule has 1 aromatic carbocycles. The van der Waals surface area contributed by atoms with E-state index < -0.39 is 15.9 Å². The van der Waals surface area contributed by atoms with Crippen molar-refractivity contribution in [2.45, 2.75) is 12.8 Å². The van der Waals surface area contributed by atoms with Gasteiger partial charge in [-0.2, -0.15) is 44.7 Å². The summed E-state index contributed by atoms with van der Waals surface area (Å²) in [5.74, 6) is 1.62. The Morgan fingerprint density at radius 2 is 1.05 bits per heavy atom. The molecule has 5 heterocycles. The second-order valence-corrected chi connectivity index (χ2v) is 12.6. The molecule has 0 bridgehead atoms. The van der Waals surface area contributed by atoms with Crippen LogP contribution in [0.15, 0.2) is 24.3 Å². The summed E-state index contributed by atoms with van der Waals surface area (Å²) < 4.78 is 37.7. The van der Waals surface area contributed by atoms with Crippen molar-refractivity contribution in [1.29, 1.82) is 0 Å². The molecule has 0 unspecified atom stereocenters. The van der Waals surface area contributed by atoms with Crippen molar-refractivity contribution < 1.29 is 233 Å². The normalized spacial score (nSPS) is 10.6. The van der Waals surface area contributed by atoms with E-state index in [-0.39, 0.29) is 259 Å². The van der Waals surface area contributed by atoms with E-state index in [2.05, 4.69) is 123 Å². The molecule has 0 fully saturated rings. The Labute approximate surface area is 502 Å². The maximum Gasteiger partial charge on any atom is 1.00 e. The summed E-state index contributed by atoms with van der Waals surface area (Å²) in [4.78, 5) is 26.2. The van der Waals surface area contributed by atoms with Gasteiger partial charge in [-0.25, -0.2) is 8.42 Å². The first-order chi connectivity index (χ1) is 26.3. The molecule has 6 rings (SSSR count). The van der Waals surface area contributed by atoms with Crippen molar-refractivity contribution in [2.75, 3.05) is 69.6 Å². The first-order valence-corrected chi connectivity index (χ1v) is 17.9. The number of benzene rings is 1. The molecule has 6 N–H and O–H groups in total. The first kappa shape index (κ1) is 54.3. The van der Waals surface area contributed by atoms with E-state index in [1.54, 1.807) is 24.3 Å². The monoisotopic (exact) mass is 938 g/mol. The van der Waals surface area contributed by atoms with Gasteiger partial charge in [0, 0.05) is 66.4 Å². The third-order valence-electron chi connectivity index (χ3n) is 6.58. The van der Waals surface area contributed by atoms with Gasteiger partial charge >= 0.3 is 206 Å². The van der Waals surface area contributed by atoms with Gasteiger partial charge < -0.3 is 51.9 Å². The molecule has 0 atom stereocenters. The van der Waals surface area contributed by atoms with Gasteiger partial charge in [-0.15, -0.1) is 10.2 Å². The van der Waals surface area contributed by atoms with Crippen molar-refractivity contribution in [3.8, 4) is 0 Å². The van der Waals surface area contributed by atoms with Crippen LogP contribution in [0.1, 0.15) is 11.6 Å². The molecule has 28 nitrogen and oxygen atoms in total. The maximum atomic E-state index is 11.1. The second-order valence-electron chi connectivity index (χ2n) is 10.3. The second kappa shape index (κ2) is 28.8. The molecule has 0 saturated heterocycles. The molecule has 284 valence electrons. The molecular formula is C24H26K4N22O6S2. The zero-order chi connectivity index (χ0) is 37.6. The van der Waals surface area contributed by atoms with Crippen LogP contribution in [0.2, 0.25) is 0 Å². The largest absolute Gasteiger partial charge is 1.00 e. The molecule has 0 aliphatic heterocycles. The average Bonchev–Trinajstić information content (AvgIpc) is 3.87.